The van der Waals surface area contributed by atoms with Gasteiger partial charge >= 0.3 is 5.97 Å². The Labute approximate surface area is 160 Å². The predicted octanol–water partition coefficient (Wildman–Crippen LogP) is 4.16. The molecule has 5 nitrogen and oxygen atoms in total. The molecule has 1 aliphatic rings. The Morgan fingerprint density at radius 2 is 1.88 bits per heavy atom. The predicted molar refractivity (Wildman–Crippen MR) is 98.0 cm³/mol. The number of hydrogen-bond acceptors (Lipinski definition) is 4. The van der Waals surface area contributed by atoms with Gasteiger partial charge in [0, 0.05) is 5.56 Å². The Morgan fingerprint density at radius 3 is 2.46 bits per heavy atom. The van der Waals surface area contributed by atoms with Crippen molar-refractivity contribution in [3.05, 3.63) is 57.1 Å². The highest BCUT2D eigenvalue weighted by atomic mass is 35.5. The first-order valence-corrected chi connectivity index (χ1v) is 8.58. The molecule has 2 aromatic rings. The van der Waals surface area contributed by atoms with Gasteiger partial charge in [-0.1, -0.05) is 35.3 Å². The maximum atomic E-state index is 13.1. The Balaban J connectivity index is 2.02. The number of benzene rings is 2. The van der Waals surface area contributed by atoms with Crippen molar-refractivity contribution in [2.24, 2.45) is 0 Å². The molecule has 2 aromatic carbocycles. The number of Topliss-reactive ketones (excluding diaryl/α,β-unsaturated/α-hetero) is 1. The quantitative estimate of drug-likeness (QED) is 0.823. The maximum Gasteiger partial charge on any atom is 0.341 e. The molecule has 0 aromatic heterocycles. The highest BCUT2D eigenvalue weighted by Crippen LogP contribution is 2.47. The molecule has 1 N–H and O–H groups in total. The Kier molecular flexibility index (Phi) is 4.86. The Morgan fingerprint density at radius 1 is 1.23 bits per heavy atom. The van der Waals surface area contributed by atoms with Crippen molar-refractivity contribution >= 4 is 35.0 Å². The molecule has 0 spiro atoms. The second-order valence-electron chi connectivity index (χ2n) is 6.29. The monoisotopic (exact) mass is 394 g/mol. The van der Waals surface area contributed by atoms with E-state index in [4.69, 9.17) is 37.8 Å². The van der Waals surface area contributed by atoms with Gasteiger partial charge in [-0.2, -0.15) is 0 Å². The largest absolute Gasteiger partial charge is 0.497 e. The number of carbonyl (C=O) groups excluding carboxylic acids is 1. The number of hydrogen-bond donors (Lipinski definition) is 1. The minimum absolute atomic E-state index is 0.0407. The number of aliphatic carboxylic acids is 1. The van der Waals surface area contributed by atoms with E-state index < -0.39 is 18.0 Å². The molecular formula is C19H16Cl2O5. The third-order valence-electron chi connectivity index (χ3n) is 4.61. The van der Waals surface area contributed by atoms with E-state index in [0.717, 1.165) is 5.56 Å². The molecule has 0 unspecified atom stereocenters. The van der Waals surface area contributed by atoms with Gasteiger partial charge in [0.25, 0.3) is 0 Å². The normalized spacial score (nSPS) is 18.5. The molecule has 136 valence electrons. The van der Waals surface area contributed by atoms with Crippen LogP contribution in [-0.4, -0.2) is 30.6 Å². The van der Waals surface area contributed by atoms with Gasteiger partial charge < -0.3 is 14.6 Å². The van der Waals surface area contributed by atoms with Gasteiger partial charge in [0.05, 0.1) is 17.5 Å². The maximum absolute atomic E-state index is 13.1. The van der Waals surface area contributed by atoms with Crippen molar-refractivity contribution in [3.63, 3.8) is 0 Å². The van der Waals surface area contributed by atoms with Crippen LogP contribution < -0.4 is 9.47 Å². The SMILES string of the molecule is COc1ccc([C@@]2(C)Cc3cc(OCC(=O)O)c(Cl)c(Cl)c3C2=O)cc1. The van der Waals surface area contributed by atoms with Crippen molar-refractivity contribution in [2.75, 3.05) is 13.7 Å². The lowest BCUT2D eigenvalue weighted by Gasteiger charge is -2.22. The van der Waals surface area contributed by atoms with Crippen LogP contribution in [0.3, 0.4) is 0 Å². The molecule has 26 heavy (non-hydrogen) atoms. The second-order valence-corrected chi connectivity index (χ2v) is 7.04. The third-order valence-corrected chi connectivity index (χ3v) is 5.46. The van der Waals surface area contributed by atoms with E-state index in [0.29, 0.717) is 23.3 Å². The standard InChI is InChI=1S/C19H16Cl2O5/c1-19(11-3-5-12(25-2)6-4-11)8-10-7-13(26-9-14(22)23)16(20)17(21)15(10)18(19)24/h3-7H,8-9H2,1-2H3,(H,22,23)/t19-/m1/s1. The number of ketones is 1. The molecule has 0 aliphatic heterocycles. The number of carboxylic acid groups (broad SMARTS) is 1. The molecule has 0 amide bonds. The fourth-order valence-electron chi connectivity index (χ4n) is 3.21. The van der Waals surface area contributed by atoms with Gasteiger partial charge in [0.2, 0.25) is 0 Å². The Hall–Kier alpha value is -2.24. The third kappa shape index (κ3) is 3.02. The summed E-state index contributed by atoms with van der Waals surface area (Å²) in [6.07, 6.45) is 0.411. The number of rotatable bonds is 5. The van der Waals surface area contributed by atoms with Gasteiger partial charge in [-0.15, -0.1) is 0 Å². The van der Waals surface area contributed by atoms with Gasteiger partial charge in [0.1, 0.15) is 16.5 Å². The molecule has 3 rings (SSSR count). The zero-order valence-electron chi connectivity index (χ0n) is 14.1. The smallest absolute Gasteiger partial charge is 0.341 e. The summed E-state index contributed by atoms with van der Waals surface area (Å²) in [6, 6.07) is 8.89. The molecule has 0 saturated heterocycles. The number of methoxy groups -OCH3 is 1. The molecule has 1 aliphatic carbocycles. The van der Waals surface area contributed by atoms with Gasteiger partial charge in [0.15, 0.2) is 12.4 Å². The van der Waals surface area contributed by atoms with Crippen molar-refractivity contribution in [3.8, 4) is 11.5 Å². The summed E-state index contributed by atoms with van der Waals surface area (Å²) in [7, 11) is 1.58. The average molecular weight is 395 g/mol. The van der Waals surface area contributed by atoms with E-state index in [1.54, 1.807) is 25.3 Å². The minimum Gasteiger partial charge on any atom is -0.497 e. The van der Waals surface area contributed by atoms with E-state index in [-0.39, 0.29) is 21.6 Å². The summed E-state index contributed by atoms with van der Waals surface area (Å²) in [5.74, 6) is -0.401. The van der Waals surface area contributed by atoms with E-state index in [9.17, 15) is 9.59 Å². The lowest BCUT2D eigenvalue weighted by Crippen LogP contribution is -2.29. The molecule has 7 heteroatoms. The molecule has 0 heterocycles. The van der Waals surface area contributed by atoms with Crippen LogP contribution in [0.15, 0.2) is 30.3 Å². The van der Waals surface area contributed by atoms with Crippen molar-refractivity contribution in [1.82, 2.24) is 0 Å². The molecule has 0 saturated carbocycles. The fraction of sp³-hybridized carbons (Fsp3) is 0.263. The van der Waals surface area contributed by atoms with Crippen LogP contribution in [0, 0.1) is 0 Å². The number of fused-ring (bicyclic) bond motifs is 1. The lowest BCUT2D eigenvalue weighted by atomic mass is 9.79. The van der Waals surface area contributed by atoms with Crippen molar-refractivity contribution in [1.29, 1.82) is 0 Å². The summed E-state index contributed by atoms with van der Waals surface area (Å²) in [6.45, 7) is 1.30. The topological polar surface area (TPSA) is 72.8 Å². The number of carbonyl (C=O) groups is 2. The second kappa shape index (κ2) is 6.82. The van der Waals surface area contributed by atoms with E-state index in [1.165, 1.54) is 0 Å². The first-order valence-electron chi connectivity index (χ1n) is 7.82. The summed E-state index contributed by atoms with van der Waals surface area (Å²) < 4.78 is 10.4. The molecule has 0 radical (unpaired) electrons. The first-order chi connectivity index (χ1) is 12.3. The Bertz CT molecular complexity index is 892. The molecule has 0 bridgehead atoms. The zero-order chi connectivity index (χ0) is 19.1. The lowest BCUT2D eigenvalue weighted by molar-refractivity contribution is -0.139. The van der Waals surface area contributed by atoms with Crippen LogP contribution in [0.2, 0.25) is 10.0 Å². The van der Waals surface area contributed by atoms with Crippen LogP contribution in [0.4, 0.5) is 0 Å². The fourth-order valence-corrected chi connectivity index (χ4v) is 3.72. The molecule has 1 atom stereocenters. The van der Waals surface area contributed by atoms with Gasteiger partial charge in [-0.3, -0.25) is 4.79 Å². The highest BCUT2D eigenvalue weighted by Gasteiger charge is 2.45. The molecule has 0 fully saturated rings. The number of ether oxygens (including phenoxy) is 2. The first kappa shape index (κ1) is 18.5. The molecular weight excluding hydrogens is 379 g/mol. The van der Waals surface area contributed by atoms with Crippen LogP contribution in [-0.2, 0) is 16.6 Å². The van der Waals surface area contributed by atoms with E-state index in [1.807, 2.05) is 19.1 Å². The summed E-state index contributed by atoms with van der Waals surface area (Å²) in [5.41, 5.74) is 1.08. The summed E-state index contributed by atoms with van der Waals surface area (Å²) >= 11 is 12.5. The number of carboxylic acids is 1. The highest BCUT2D eigenvalue weighted by molar-refractivity contribution is 6.45. The van der Waals surface area contributed by atoms with Crippen molar-refractivity contribution < 1.29 is 24.2 Å². The average Bonchev–Trinajstić information content (AvgIpc) is 2.88. The summed E-state index contributed by atoms with van der Waals surface area (Å²) in [5, 5.41) is 8.91. The van der Waals surface area contributed by atoms with E-state index in [2.05, 4.69) is 0 Å². The van der Waals surface area contributed by atoms with Crippen LogP contribution in [0.1, 0.15) is 28.4 Å². The summed E-state index contributed by atoms with van der Waals surface area (Å²) in [4.78, 5) is 23.8. The van der Waals surface area contributed by atoms with Crippen LogP contribution >= 0.6 is 23.2 Å². The van der Waals surface area contributed by atoms with Gasteiger partial charge in [-0.05, 0) is 42.7 Å². The van der Waals surface area contributed by atoms with Crippen LogP contribution in [0.5, 0.6) is 11.5 Å². The van der Waals surface area contributed by atoms with Gasteiger partial charge in [-0.25, -0.2) is 4.79 Å². The van der Waals surface area contributed by atoms with E-state index >= 15 is 0 Å². The van der Waals surface area contributed by atoms with Crippen molar-refractivity contribution in [2.45, 2.75) is 18.8 Å². The van der Waals surface area contributed by atoms with Crippen LogP contribution in [0.25, 0.3) is 0 Å². The minimum atomic E-state index is -1.13. The number of halogens is 2. The zero-order valence-corrected chi connectivity index (χ0v) is 15.6.